The van der Waals surface area contributed by atoms with E-state index in [9.17, 15) is 0 Å². The molecule has 1 aromatic carbocycles. The van der Waals surface area contributed by atoms with E-state index in [1.807, 2.05) is 19.0 Å². The van der Waals surface area contributed by atoms with Crippen LogP contribution in [-0.2, 0) is 6.54 Å². The maximum Gasteiger partial charge on any atom is 0.208 e. The molecule has 0 atom stereocenters. The number of benzene rings is 1. The Morgan fingerprint density at radius 2 is 2.10 bits per heavy atom. The quantitative estimate of drug-likeness (QED) is 0.888. The summed E-state index contributed by atoms with van der Waals surface area (Å²) in [5, 5.41) is 12.9. The van der Waals surface area contributed by atoms with Gasteiger partial charge in [0.15, 0.2) is 4.34 Å². The molecule has 0 radical (unpaired) electrons. The molecule has 1 heterocycles. The first-order chi connectivity index (χ1) is 9.72. The van der Waals surface area contributed by atoms with Gasteiger partial charge in [0.05, 0.1) is 0 Å². The summed E-state index contributed by atoms with van der Waals surface area (Å²) >= 11 is 3.33. The van der Waals surface area contributed by atoms with Crippen molar-refractivity contribution in [2.24, 2.45) is 0 Å². The average molecular weight is 306 g/mol. The molecule has 1 aromatic heterocycles. The zero-order valence-corrected chi connectivity index (χ0v) is 13.3. The van der Waals surface area contributed by atoms with Gasteiger partial charge in [-0.05, 0) is 24.5 Å². The van der Waals surface area contributed by atoms with Crippen LogP contribution in [0.3, 0.4) is 0 Å². The highest BCUT2D eigenvalue weighted by Crippen LogP contribution is 2.34. The minimum absolute atomic E-state index is 0.731. The van der Waals surface area contributed by atoms with Crippen LogP contribution in [0.1, 0.15) is 18.4 Å². The molecule has 0 saturated heterocycles. The van der Waals surface area contributed by atoms with Crippen molar-refractivity contribution in [1.82, 2.24) is 15.5 Å². The van der Waals surface area contributed by atoms with Crippen molar-refractivity contribution in [3.05, 3.63) is 29.8 Å². The third kappa shape index (κ3) is 3.50. The number of hydrogen-bond acceptors (Lipinski definition) is 6. The first-order valence-corrected chi connectivity index (χ1v) is 8.35. The predicted octanol–water partition coefficient (Wildman–Crippen LogP) is 3.01. The van der Waals surface area contributed by atoms with Crippen molar-refractivity contribution in [2.45, 2.75) is 34.7 Å². The maximum atomic E-state index is 4.25. The molecule has 1 aliphatic carbocycles. The minimum Gasteiger partial charge on any atom is -0.353 e. The number of anilines is 1. The van der Waals surface area contributed by atoms with Crippen LogP contribution >= 0.6 is 23.1 Å². The Morgan fingerprint density at radius 1 is 1.30 bits per heavy atom. The van der Waals surface area contributed by atoms with Gasteiger partial charge in [-0.25, -0.2) is 0 Å². The average Bonchev–Trinajstić information content (AvgIpc) is 3.15. The van der Waals surface area contributed by atoms with Crippen LogP contribution in [0.25, 0.3) is 0 Å². The van der Waals surface area contributed by atoms with Gasteiger partial charge in [0.1, 0.15) is 0 Å². The highest BCUT2D eigenvalue weighted by Gasteiger charge is 2.20. The Labute approximate surface area is 127 Å². The summed E-state index contributed by atoms with van der Waals surface area (Å²) in [7, 11) is 3.98. The van der Waals surface area contributed by atoms with E-state index in [4.69, 9.17) is 0 Å². The summed E-state index contributed by atoms with van der Waals surface area (Å²) in [6.45, 7) is 0.938. The minimum atomic E-state index is 0.731. The molecule has 0 aliphatic heterocycles. The van der Waals surface area contributed by atoms with Crippen molar-refractivity contribution in [3.63, 3.8) is 0 Å². The van der Waals surface area contributed by atoms with E-state index >= 15 is 0 Å². The van der Waals surface area contributed by atoms with Crippen LogP contribution < -0.4 is 10.2 Å². The second-order valence-electron chi connectivity index (χ2n) is 5.11. The van der Waals surface area contributed by atoms with Crippen molar-refractivity contribution in [1.29, 1.82) is 0 Å². The van der Waals surface area contributed by atoms with E-state index in [1.54, 1.807) is 23.1 Å². The molecule has 1 aliphatic rings. The number of nitrogens with one attached hydrogen (secondary N) is 1. The van der Waals surface area contributed by atoms with E-state index in [1.165, 1.54) is 23.3 Å². The van der Waals surface area contributed by atoms with Gasteiger partial charge >= 0.3 is 0 Å². The number of rotatable bonds is 6. The molecular weight excluding hydrogens is 288 g/mol. The lowest BCUT2D eigenvalue weighted by Gasteiger charge is -2.08. The lowest BCUT2D eigenvalue weighted by molar-refractivity contribution is 0.680. The van der Waals surface area contributed by atoms with Gasteiger partial charge in [-0.3, -0.25) is 0 Å². The first kappa shape index (κ1) is 13.9. The van der Waals surface area contributed by atoms with Gasteiger partial charge in [-0.2, -0.15) is 0 Å². The number of aromatic nitrogens is 2. The summed E-state index contributed by atoms with van der Waals surface area (Å²) < 4.78 is 0.993. The van der Waals surface area contributed by atoms with Crippen LogP contribution in [-0.4, -0.2) is 30.3 Å². The topological polar surface area (TPSA) is 41.1 Å². The van der Waals surface area contributed by atoms with Crippen molar-refractivity contribution in [2.75, 3.05) is 19.0 Å². The van der Waals surface area contributed by atoms with Crippen molar-refractivity contribution >= 4 is 28.2 Å². The molecule has 0 amide bonds. The van der Waals surface area contributed by atoms with E-state index in [-0.39, 0.29) is 0 Å². The predicted molar refractivity (Wildman–Crippen MR) is 84.7 cm³/mol. The molecule has 3 rings (SSSR count). The van der Waals surface area contributed by atoms with Gasteiger partial charge in [0, 0.05) is 31.6 Å². The zero-order valence-electron chi connectivity index (χ0n) is 11.7. The van der Waals surface area contributed by atoms with Gasteiger partial charge in [-0.1, -0.05) is 41.3 Å². The lowest BCUT2D eigenvalue weighted by Crippen LogP contribution is -2.15. The molecule has 106 valence electrons. The third-order valence-corrected chi connectivity index (χ3v) is 5.37. The summed E-state index contributed by atoms with van der Waals surface area (Å²) in [5.74, 6) is 0. The first-order valence-electron chi connectivity index (χ1n) is 6.72. The fourth-order valence-corrected chi connectivity index (χ4v) is 3.66. The second kappa shape index (κ2) is 6.11. The number of nitrogens with zero attached hydrogens (tertiary/aromatic N) is 3. The molecule has 4 nitrogen and oxygen atoms in total. The molecule has 0 bridgehead atoms. The van der Waals surface area contributed by atoms with Crippen LogP contribution in [0, 0.1) is 0 Å². The summed E-state index contributed by atoms with van der Waals surface area (Å²) in [4.78, 5) is 3.25. The fraction of sp³-hybridized carbons (Fsp3) is 0.429. The van der Waals surface area contributed by atoms with Crippen LogP contribution in [0.15, 0.2) is 33.5 Å². The Kier molecular flexibility index (Phi) is 4.24. The molecule has 6 heteroatoms. The highest BCUT2D eigenvalue weighted by molar-refractivity contribution is 8.01. The molecule has 0 spiro atoms. The second-order valence-corrected chi connectivity index (χ2v) is 7.35. The monoisotopic (exact) mass is 306 g/mol. The Morgan fingerprint density at radius 3 is 2.80 bits per heavy atom. The summed E-state index contributed by atoms with van der Waals surface area (Å²) in [5.41, 5.74) is 1.34. The summed E-state index contributed by atoms with van der Waals surface area (Å²) in [6, 6.07) is 9.25. The van der Waals surface area contributed by atoms with Crippen molar-refractivity contribution in [3.8, 4) is 0 Å². The van der Waals surface area contributed by atoms with Gasteiger partial charge in [-0.15, -0.1) is 10.2 Å². The molecule has 2 aromatic rings. The van der Waals surface area contributed by atoms with Crippen LogP contribution in [0.4, 0.5) is 5.13 Å². The smallest absolute Gasteiger partial charge is 0.208 e. The van der Waals surface area contributed by atoms with E-state index in [0.29, 0.717) is 0 Å². The van der Waals surface area contributed by atoms with E-state index in [0.717, 1.165) is 22.1 Å². The van der Waals surface area contributed by atoms with Gasteiger partial charge < -0.3 is 10.2 Å². The highest BCUT2D eigenvalue weighted by atomic mass is 32.2. The van der Waals surface area contributed by atoms with Crippen LogP contribution in [0.5, 0.6) is 0 Å². The number of hydrogen-bond donors (Lipinski definition) is 1. The zero-order chi connectivity index (χ0) is 13.9. The van der Waals surface area contributed by atoms with Gasteiger partial charge in [0.2, 0.25) is 5.13 Å². The van der Waals surface area contributed by atoms with E-state index < -0.39 is 0 Å². The lowest BCUT2D eigenvalue weighted by atomic mass is 10.2. The molecule has 1 saturated carbocycles. The molecule has 1 fully saturated rings. The standard InChI is InChI=1S/C14H18N4S2/c1-18(2)13-16-17-14(20-13)19-12-6-4-3-5-10(12)9-15-11-7-8-11/h3-6,11,15H,7-9H2,1-2H3. The van der Waals surface area contributed by atoms with E-state index in [2.05, 4.69) is 39.8 Å². The molecule has 1 N–H and O–H groups in total. The fourth-order valence-electron chi connectivity index (χ4n) is 1.81. The molecule has 20 heavy (non-hydrogen) atoms. The largest absolute Gasteiger partial charge is 0.353 e. The Hall–Kier alpha value is -1.11. The molecular formula is C14H18N4S2. The Balaban J connectivity index is 1.71. The Bertz CT molecular complexity index is 578. The summed E-state index contributed by atoms with van der Waals surface area (Å²) in [6.07, 6.45) is 2.63. The van der Waals surface area contributed by atoms with Crippen LogP contribution in [0.2, 0.25) is 0 Å². The third-order valence-electron chi connectivity index (χ3n) is 3.11. The maximum absolute atomic E-state index is 4.25. The molecule has 0 unspecified atom stereocenters. The van der Waals surface area contributed by atoms with Crippen molar-refractivity contribution < 1.29 is 0 Å². The SMILES string of the molecule is CN(C)c1nnc(Sc2ccccc2CNC2CC2)s1. The van der Waals surface area contributed by atoms with Gasteiger partial charge in [0.25, 0.3) is 0 Å². The normalized spacial score (nSPS) is 14.5.